The molecule has 1 aromatic rings. The Morgan fingerprint density at radius 1 is 1.50 bits per heavy atom. The number of rotatable bonds is 5. The van der Waals surface area contributed by atoms with Gasteiger partial charge in [-0.05, 0) is 23.6 Å². The molecule has 82 valence electrons. The smallest absolute Gasteiger partial charge is 0.152 e. The minimum atomic E-state index is 0.407. The number of carbonyl (C=O) groups excluding carboxylic acids is 1. The van der Waals surface area contributed by atoms with Crippen molar-refractivity contribution in [3.63, 3.8) is 0 Å². The van der Waals surface area contributed by atoms with Crippen LogP contribution in [-0.2, 0) is 0 Å². The molecule has 0 amide bonds. The summed E-state index contributed by atoms with van der Waals surface area (Å²) in [6.07, 6.45) is 5.00. The third kappa shape index (κ3) is 3.42. The van der Waals surface area contributed by atoms with Crippen molar-refractivity contribution in [3.05, 3.63) is 50.9 Å². The summed E-state index contributed by atoms with van der Waals surface area (Å²) in [5.74, 6) is 0. The van der Waals surface area contributed by atoms with Crippen molar-refractivity contribution in [2.45, 2.75) is 6.42 Å². The fourth-order valence-electron chi connectivity index (χ4n) is 1.21. The van der Waals surface area contributed by atoms with Crippen LogP contribution in [0, 0.1) is 0 Å². The standard InChI is InChI=1S/C11H10ClN3O/c12-11-6-3-5-9(10(11)8-16)4-1-2-7-14-15-13/h1,3-6,8H,2,7H2. The van der Waals surface area contributed by atoms with Gasteiger partial charge in [-0.25, -0.2) is 0 Å². The Balaban J connectivity index is 2.76. The van der Waals surface area contributed by atoms with Gasteiger partial charge in [-0.1, -0.05) is 41.0 Å². The molecule has 1 rings (SSSR count). The maximum absolute atomic E-state index is 10.8. The Labute approximate surface area is 98.2 Å². The average Bonchev–Trinajstić information content (AvgIpc) is 2.29. The van der Waals surface area contributed by atoms with Crippen molar-refractivity contribution in [2.75, 3.05) is 6.54 Å². The van der Waals surface area contributed by atoms with Crippen molar-refractivity contribution >= 4 is 24.0 Å². The number of carbonyl (C=O) groups is 1. The summed E-state index contributed by atoms with van der Waals surface area (Å²) >= 11 is 5.86. The third-order valence-electron chi connectivity index (χ3n) is 1.96. The monoisotopic (exact) mass is 235 g/mol. The molecule has 16 heavy (non-hydrogen) atoms. The molecule has 0 aliphatic rings. The van der Waals surface area contributed by atoms with Crippen LogP contribution in [0.5, 0.6) is 0 Å². The van der Waals surface area contributed by atoms with Crippen molar-refractivity contribution in [2.24, 2.45) is 5.11 Å². The molecule has 0 fully saturated rings. The van der Waals surface area contributed by atoms with E-state index in [1.165, 1.54) is 0 Å². The van der Waals surface area contributed by atoms with Gasteiger partial charge >= 0.3 is 0 Å². The van der Waals surface area contributed by atoms with Crippen molar-refractivity contribution in [1.82, 2.24) is 0 Å². The maximum Gasteiger partial charge on any atom is 0.152 e. The van der Waals surface area contributed by atoms with Crippen molar-refractivity contribution < 1.29 is 4.79 Å². The summed E-state index contributed by atoms with van der Waals surface area (Å²) in [7, 11) is 0. The van der Waals surface area contributed by atoms with Crippen LogP contribution in [-0.4, -0.2) is 12.8 Å². The first-order chi connectivity index (χ1) is 7.79. The van der Waals surface area contributed by atoms with Crippen LogP contribution in [0.3, 0.4) is 0 Å². The Hall–Kier alpha value is -1.77. The van der Waals surface area contributed by atoms with Crippen molar-refractivity contribution in [3.8, 4) is 0 Å². The predicted octanol–water partition coefficient (Wildman–Crippen LogP) is 3.87. The second kappa shape index (κ2) is 6.67. The fraction of sp³-hybridized carbons (Fsp3) is 0.182. The molecule has 0 unspecified atom stereocenters. The van der Waals surface area contributed by atoms with E-state index in [0.29, 0.717) is 23.6 Å². The molecular formula is C11H10ClN3O. The molecule has 1 aromatic carbocycles. The molecule has 4 nitrogen and oxygen atoms in total. The Morgan fingerprint density at radius 3 is 3.00 bits per heavy atom. The first-order valence-corrected chi connectivity index (χ1v) is 5.08. The first kappa shape index (κ1) is 12.3. The zero-order chi connectivity index (χ0) is 11.8. The lowest BCUT2D eigenvalue weighted by molar-refractivity contribution is 0.112. The second-order valence-electron chi connectivity index (χ2n) is 3.01. The highest BCUT2D eigenvalue weighted by molar-refractivity contribution is 6.33. The van der Waals surface area contributed by atoms with Gasteiger partial charge in [-0.2, -0.15) is 0 Å². The quantitative estimate of drug-likeness (QED) is 0.251. The van der Waals surface area contributed by atoms with E-state index >= 15 is 0 Å². The Bertz CT molecular complexity index is 451. The molecule has 0 saturated heterocycles. The summed E-state index contributed by atoms with van der Waals surface area (Å²) < 4.78 is 0. The number of benzene rings is 1. The number of nitrogens with zero attached hydrogens (tertiary/aromatic N) is 3. The van der Waals surface area contributed by atoms with Gasteiger partial charge in [0.25, 0.3) is 0 Å². The zero-order valence-corrected chi connectivity index (χ0v) is 9.26. The minimum Gasteiger partial charge on any atom is -0.298 e. The van der Waals surface area contributed by atoms with Crippen molar-refractivity contribution in [1.29, 1.82) is 0 Å². The van der Waals surface area contributed by atoms with Crippen LogP contribution in [0.4, 0.5) is 0 Å². The molecule has 0 radical (unpaired) electrons. The molecule has 0 heterocycles. The average molecular weight is 236 g/mol. The topological polar surface area (TPSA) is 65.8 Å². The second-order valence-corrected chi connectivity index (χ2v) is 3.41. The molecule has 5 heteroatoms. The minimum absolute atomic E-state index is 0.407. The highest BCUT2D eigenvalue weighted by Gasteiger charge is 2.02. The van der Waals surface area contributed by atoms with Gasteiger partial charge < -0.3 is 0 Å². The number of hydrogen-bond donors (Lipinski definition) is 0. The van der Waals surface area contributed by atoms with E-state index in [4.69, 9.17) is 17.1 Å². The summed E-state index contributed by atoms with van der Waals surface area (Å²) in [5, 5.41) is 3.83. The maximum atomic E-state index is 10.8. The lowest BCUT2D eigenvalue weighted by Crippen LogP contribution is -1.87. The summed E-state index contributed by atoms with van der Waals surface area (Å²) in [4.78, 5) is 13.4. The van der Waals surface area contributed by atoms with E-state index in [1.807, 2.05) is 6.08 Å². The predicted molar refractivity (Wildman–Crippen MR) is 64.5 cm³/mol. The molecular weight excluding hydrogens is 226 g/mol. The molecule has 0 atom stereocenters. The van der Waals surface area contributed by atoms with Gasteiger partial charge in [0.05, 0.1) is 5.02 Å². The largest absolute Gasteiger partial charge is 0.298 e. The Morgan fingerprint density at radius 2 is 2.31 bits per heavy atom. The van der Waals surface area contributed by atoms with Crippen LogP contribution in [0.15, 0.2) is 29.4 Å². The lowest BCUT2D eigenvalue weighted by Gasteiger charge is -2.00. The highest BCUT2D eigenvalue weighted by Crippen LogP contribution is 2.19. The highest BCUT2D eigenvalue weighted by atomic mass is 35.5. The van der Waals surface area contributed by atoms with Gasteiger partial charge in [0.15, 0.2) is 6.29 Å². The molecule has 0 aliphatic carbocycles. The van der Waals surface area contributed by atoms with Gasteiger partial charge in [-0.15, -0.1) is 0 Å². The molecule has 0 spiro atoms. The van der Waals surface area contributed by atoms with Crippen LogP contribution in [0.25, 0.3) is 16.5 Å². The first-order valence-electron chi connectivity index (χ1n) is 4.70. The van der Waals surface area contributed by atoms with E-state index < -0.39 is 0 Å². The summed E-state index contributed by atoms with van der Waals surface area (Å²) in [6, 6.07) is 5.25. The third-order valence-corrected chi connectivity index (χ3v) is 2.29. The summed E-state index contributed by atoms with van der Waals surface area (Å²) in [6.45, 7) is 0.407. The molecule has 0 bridgehead atoms. The van der Waals surface area contributed by atoms with E-state index in [0.717, 1.165) is 11.8 Å². The molecule has 0 N–H and O–H groups in total. The van der Waals surface area contributed by atoms with E-state index in [1.54, 1.807) is 24.3 Å². The van der Waals surface area contributed by atoms with Gasteiger partial charge in [-0.3, -0.25) is 4.79 Å². The molecule has 0 aromatic heterocycles. The SMILES string of the molecule is [N-]=[N+]=NCCC=Cc1cccc(Cl)c1C=O. The number of hydrogen-bond acceptors (Lipinski definition) is 2. The van der Waals surface area contributed by atoms with E-state index in [-0.39, 0.29) is 0 Å². The molecule has 0 aliphatic heterocycles. The van der Waals surface area contributed by atoms with E-state index in [9.17, 15) is 4.79 Å². The van der Waals surface area contributed by atoms with Crippen LogP contribution < -0.4 is 0 Å². The van der Waals surface area contributed by atoms with Crippen LogP contribution in [0.2, 0.25) is 5.02 Å². The number of halogens is 1. The number of aldehydes is 1. The van der Waals surface area contributed by atoms with Gasteiger partial charge in [0.1, 0.15) is 0 Å². The lowest BCUT2D eigenvalue weighted by atomic mass is 10.1. The molecule has 0 saturated carbocycles. The fourth-order valence-corrected chi connectivity index (χ4v) is 1.44. The van der Waals surface area contributed by atoms with Gasteiger partial charge in [0, 0.05) is 17.0 Å². The van der Waals surface area contributed by atoms with E-state index in [2.05, 4.69) is 10.0 Å². The zero-order valence-electron chi connectivity index (χ0n) is 8.51. The number of azide groups is 1. The normalized spacial score (nSPS) is 10.1. The Kier molecular flexibility index (Phi) is 5.12. The summed E-state index contributed by atoms with van der Waals surface area (Å²) in [5.41, 5.74) is 9.31. The van der Waals surface area contributed by atoms with Crippen LogP contribution in [0.1, 0.15) is 22.3 Å². The van der Waals surface area contributed by atoms with Crippen LogP contribution >= 0.6 is 11.6 Å². The van der Waals surface area contributed by atoms with Gasteiger partial charge in [0.2, 0.25) is 0 Å².